The van der Waals surface area contributed by atoms with E-state index < -0.39 is 0 Å². The van der Waals surface area contributed by atoms with Crippen LogP contribution in [-0.2, 0) is 4.79 Å². The van der Waals surface area contributed by atoms with Crippen molar-refractivity contribution in [3.05, 3.63) is 64.8 Å². The second-order valence-corrected chi connectivity index (χ2v) is 6.78. The van der Waals surface area contributed by atoms with Gasteiger partial charge in [0.05, 0.1) is 17.2 Å². The Morgan fingerprint density at radius 2 is 2.00 bits per heavy atom. The molecule has 6 heteroatoms. The number of hydrogen-bond acceptors (Lipinski definition) is 4. The molecule has 2 aromatic carbocycles. The largest absolute Gasteiger partial charge is 0.494 e. The monoisotopic (exact) mass is 370 g/mol. The number of amides is 1. The summed E-state index contributed by atoms with van der Waals surface area (Å²) in [6.07, 6.45) is 2.77. The Kier molecular flexibility index (Phi) is 5.73. The van der Waals surface area contributed by atoms with Gasteiger partial charge in [-0.25, -0.2) is 9.38 Å². The van der Waals surface area contributed by atoms with Crippen LogP contribution in [-0.4, -0.2) is 29.6 Å². The zero-order chi connectivity index (χ0) is 18.5. The van der Waals surface area contributed by atoms with E-state index in [1.54, 1.807) is 19.2 Å². The molecule has 0 saturated carbocycles. The lowest BCUT2D eigenvalue weighted by atomic mass is 10.2. The van der Waals surface area contributed by atoms with Crippen LogP contribution in [0.4, 0.5) is 10.1 Å². The van der Waals surface area contributed by atoms with Crippen LogP contribution in [0.1, 0.15) is 18.9 Å². The van der Waals surface area contributed by atoms with Gasteiger partial charge in [0.2, 0.25) is 0 Å². The Hall–Kier alpha value is -2.60. The lowest BCUT2D eigenvalue weighted by Gasteiger charge is -2.07. The predicted molar refractivity (Wildman–Crippen MR) is 104 cm³/mol. The molecule has 0 N–H and O–H groups in total. The van der Waals surface area contributed by atoms with Crippen LogP contribution in [0.3, 0.4) is 0 Å². The first kappa shape index (κ1) is 18.2. The molecular weight excluding hydrogens is 351 g/mol. The Morgan fingerprint density at radius 3 is 2.73 bits per heavy atom. The number of rotatable bonds is 5. The molecule has 4 nitrogen and oxygen atoms in total. The van der Waals surface area contributed by atoms with Gasteiger partial charge in [-0.1, -0.05) is 19.1 Å². The summed E-state index contributed by atoms with van der Waals surface area (Å²) in [6.45, 7) is 2.71. The van der Waals surface area contributed by atoms with Gasteiger partial charge in [0.1, 0.15) is 11.6 Å². The fourth-order valence-corrected chi connectivity index (χ4v) is 3.33. The van der Waals surface area contributed by atoms with Crippen molar-refractivity contribution in [3.63, 3.8) is 0 Å². The second kappa shape index (κ2) is 8.19. The molecule has 1 aliphatic heterocycles. The molecule has 0 aromatic heterocycles. The Balaban J connectivity index is 1.82. The number of hydrogen-bond donors (Lipinski definition) is 0. The predicted octanol–water partition coefficient (Wildman–Crippen LogP) is 4.85. The van der Waals surface area contributed by atoms with E-state index in [1.807, 2.05) is 30.3 Å². The minimum atomic E-state index is -0.316. The number of amidine groups is 1. The van der Waals surface area contributed by atoms with E-state index in [1.165, 1.54) is 28.8 Å². The van der Waals surface area contributed by atoms with Gasteiger partial charge in [-0.2, -0.15) is 0 Å². The number of carbonyl (C=O) groups is 1. The highest BCUT2D eigenvalue weighted by atomic mass is 32.2. The zero-order valence-electron chi connectivity index (χ0n) is 14.6. The molecule has 0 aliphatic carbocycles. The molecule has 1 heterocycles. The molecule has 3 rings (SSSR count). The van der Waals surface area contributed by atoms with Crippen molar-refractivity contribution in [2.24, 2.45) is 4.99 Å². The van der Waals surface area contributed by atoms with Crippen LogP contribution in [0.2, 0.25) is 0 Å². The number of halogens is 1. The standard InChI is InChI=1S/C20H19FN2O2S/c1-3-11-25-17-6-4-5-14(12-17)13-18-19(24)23(2)20(26-18)22-16-9-7-15(21)8-10-16/h4-10,12-13H,3,11H2,1-2H3/b18-13+,22-20?. The first-order chi connectivity index (χ1) is 12.6. The maximum Gasteiger partial charge on any atom is 0.266 e. The first-order valence-corrected chi connectivity index (χ1v) is 9.13. The van der Waals surface area contributed by atoms with E-state index in [2.05, 4.69) is 11.9 Å². The third-order valence-corrected chi connectivity index (χ3v) is 4.74. The lowest BCUT2D eigenvalue weighted by Crippen LogP contribution is -2.23. The summed E-state index contributed by atoms with van der Waals surface area (Å²) in [6, 6.07) is 13.5. The molecule has 0 atom stereocenters. The van der Waals surface area contributed by atoms with E-state index >= 15 is 0 Å². The number of carbonyl (C=O) groups excluding carboxylic acids is 1. The molecule has 0 bridgehead atoms. The van der Waals surface area contributed by atoms with Gasteiger partial charge in [0.15, 0.2) is 5.17 Å². The highest BCUT2D eigenvalue weighted by Crippen LogP contribution is 2.33. The van der Waals surface area contributed by atoms with Crippen molar-refractivity contribution in [1.29, 1.82) is 0 Å². The highest BCUT2D eigenvalue weighted by Gasteiger charge is 2.30. The lowest BCUT2D eigenvalue weighted by molar-refractivity contribution is -0.121. The Bertz CT molecular complexity index is 862. The fraction of sp³-hybridized carbons (Fsp3) is 0.200. The molecule has 1 amide bonds. The summed E-state index contributed by atoms with van der Waals surface area (Å²) in [4.78, 5) is 19.0. The summed E-state index contributed by atoms with van der Waals surface area (Å²) in [5.41, 5.74) is 1.50. The summed E-state index contributed by atoms with van der Waals surface area (Å²) >= 11 is 1.30. The molecule has 1 aliphatic rings. The van der Waals surface area contributed by atoms with E-state index in [0.29, 0.717) is 22.4 Å². The molecule has 1 saturated heterocycles. The second-order valence-electron chi connectivity index (χ2n) is 5.77. The van der Waals surface area contributed by atoms with Gasteiger partial charge in [-0.3, -0.25) is 9.69 Å². The number of nitrogens with zero attached hydrogens (tertiary/aromatic N) is 2. The average molecular weight is 370 g/mol. The average Bonchev–Trinajstić information content (AvgIpc) is 2.90. The van der Waals surface area contributed by atoms with E-state index in [9.17, 15) is 9.18 Å². The van der Waals surface area contributed by atoms with E-state index in [-0.39, 0.29) is 11.7 Å². The van der Waals surface area contributed by atoms with Gasteiger partial charge < -0.3 is 4.74 Å². The molecular formula is C20H19FN2O2S. The number of thioether (sulfide) groups is 1. The third-order valence-electron chi connectivity index (χ3n) is 3.68. The van der Waals surface area contributed by atoms with Gasteiger partial charge in [0, 0.05) is 7.05 Å². The summed E-state index contributed by atoms with van der Waals surface area (Å²) in [7, 11) is 1.68. The summed E-state index contributed by atoms with van der Waals surface area (Å²) in [5.74, 6) is 0.351. The number of ether oxygens (including phenoxy) is 1. The van der Waals surface area contributed by atoms with Crippen LogP contribution >= 0.6 is 11.8 Å². The van der Waals surface area contributed by atoms with Crippen molar-refractivity contribution in [2.45, 2.75) is 13.3 Å². The van der Waals surface area contributed by atoms with Gasteiger partial charge >= 0.3 is 0 Å². The topological polar surface area (TPSA) is 41.9 Å². The summed E-state index contributed by atoms with van der Waals surface area (Å²) < 4.78 is 18.6. The van der Waals surface area contributed by atoms with Crippen LogP contribution in [0.5, 0.6) is 5.75 Å². The third kappa shape index (κ3) is 4.32. The maximum atomic E-state index is 13.0. The van der Waals surface area contributed by atoms with Crippen LogP contribution < -0.4 is 4.74 Å². The molecule has 0 spiro atoms. The quantitative estimate of drug-likeness (QED) is 0.707. The molecule has 2 aromatic rings. The van der Waals surface area contributed by atoms with Gasteiger partial charge in [-0.15, -0.1) is 0 Å². The summed E-state index contributed by atoms with van der Waals surface area (Å²) in [5, 5.41) is 0.561. The van der Waals surface area contributed by atoms with Crippen molar-refractivity contribution in [3.8, 4) is 5.75 Å². The van der Waals surface area contributed by atoms with Crippen molar-refractivity contribution in [2.75, 3.05) is 13.7 Å². The van der Waals surface area contributed by atoms with Gasteiger partial charge in [0.25, 0.3) is 5.91 Å². The smallest absolute Gasteiger partial charge is 0.266 e. The molecule has 26 heavy (non-hydrogen) atoms. The van der Waals surface area contributed by atoms with Crippen molar-refractivity contribution in [1.82, 2.24) is 4.90 Å². The van der Waals surface area contributed by atoms with E-state index in [0.717, 1.165) is 17.7 Å². The van der Waals surface area contributed by atoms with Crippen LogP contribution in [0.25, 0.3) is 6.08 Å². The number of aliphatic imine (C=N–C) groups is 1. The normalized spacial score (nSPS) is 17.3. The van der Waals surface area contributed by atoms with Crippen molar-refractivity contribution >= 4 is 34.6 Å². The highest BCUT2D eigenvalue weighted by molar-refractivity contribution is 8.18. The molecule has 134 valence electrons. The van der Waals surface area contributed by atoms with Gasteiger partial charge in [-0.05, 0) is 66.2 Å². The number of likely N-dealkylation sites (N-methyl/N-ethyl adjacent to an activating group) is 1. The Morgan fingerprint density at radius 1 is 1.23 bits per heavy atom. The minimum Gasteiger partial charge on any atom is -0.494 e. The minimum absolute atomic E-state index is 0.115. The van der Waals surface area contributed by atoms with Crippen molar-refractivity contribution < 1.29 is 13.9 Å². The Labute approximate surface area is 156 Å². The van der Waals surface area contributed by atoms with E-state index in [4.69, 9.17) is 4.74 Å². The molecule has 0 radical (unpaired) electrons. The molecule has 1 fully saturated rings. The van der Waals surface area contributed by atoms with Crippen LogP contribution in [0, 0.1) is 5.82 Å². The SMILES string of the molecule is CCCOc1cccc(/C=C2/SC(=Nc3ccc(F)cc3)N(C)C2=O)c1. The first-order valence-electron chi connectivity index (χ1n) is 8.31. The maximum absolute atomic E-state index is 13.0. The zero-order valence-corrected chi connectivity index (χ0v) is 15.4. The fourth-order valence-electron chi connectivity index (χ4n) is 2.34. The van der Waals surface area contributed by atoms with Crippen LogP contribution in [0.15, 0.2) is 58.4 Å². The number of benzene rings is 2. The molecule has 0 unspecified atom stereocenters.